The average molecular weight is 185 g/mol. The number of nitrogen functional groups attached to an aromatic ring is 1. The van der Waals surface area contributed by atoms with Gasteiger partial charge in [-0.2, -0.15) is 5.26 Å². The summed E-state index contributed by atoms with van der Waals surface area (Å²) in [6.07, 6.45) is 3.21. The minimum Gasteiger partial charge on any atom is -0.382 e. The van der Waals surface area contributed by atoms with Gasteiger partial charge >= 0.3 is 0 Å². The van der Waals surface area contributed by atoms with Crippen LogP contribution < -0.4 is 5.73 Å². The number of nitrogens with zero attached hydrogens (tertiary/aromatic N) is 4. The van der Waals surface area contributed by atoms with Gasteiger partial charge in [0.05, 0.1) is 5.56 Å². The van der Waals surface area contributed by atoms with E-state index in [1.165, 1.54) is 6.20 Å². The van der Waals surface area contributed by atoms with Crippen LogP contribution in [0.5, 0.6) is 0 Å². The number of anilines is 1. The zero-order chi connectivity index (χ0) is 9.97. The summed E-state index contributed by atoms with van der Waals surface area (Å²) in [5.41, 5.74) is 5.98. The van der Waals surface area contributed by atoms with Crippen molar-refractivity contribution in [2.45, 2.75) is 0 Å². The Morgan fingerprint density at radius 1 is 1.36 bits per heavy atom. The molecule has 0 aliphatic rings. The summed E-state index contributed by atoms with van der Waals surface area (Å²) in [5.74, 6) is 1.08. The smallest absolute Gasteiger partial charge is 0.153 e. The Balaban J connectivity index is 2.39. The Morgan fingerprint density at radius 2 is 2.21 bits per heavy atom. The highest BCUT2D eigenvalue weighted by Gasteiger charge is 1.99. The Kier molecular flexibility index (Phi) is 1.88. The van der Waals surface area contributed by atoms with Crippen LogP contribution in [0.4, 0.5) is 5.82 Å². The third-order valence-electron chi connectivity index (χ3n) is 1.72. The third-order valence-corrected chi connectivity index (χ3v) is 1.72. The topological polar surface area (TPSA) is 80.5 Å². The maximum absolute atomic E-state index is 8.57. The monoisotopic (exact) mass is 185 g/mol. The summed E-state index contributed by atoms with van der Waals surface area (Å²) in [4.78, 5) is 4.06. The Bertz CT molecular complexity index is 477. The van der Waals surface area contributed by atoms with Crippen molar-refractivity contribution >= 4 is 5.82 Å². The summed E-state index contributed by atoms with van der Waals surface area (Å²) >= 11 is 0. The maximum atomic E-state index is 8.57. The fourth-order valence-corrected chi connectivity index (χ4v) is 1.05. The molecule has 0 bridgehead atoms. The van der Waals surface area contributed by atoms with Crippen molar-refractivity contribution in [3.63, 3.8) is 0 Å². The van der Waals surface area contributed by atoms with Gasteiger partial charge in [-0.15, -0.1) is 5.10 Å². The first-order valence-electron chi connectivity index (χ1n) is 3.97. The van der Waals surface area contributed by atoms with Crippen LogP contribution in [0.3, 0.4) is 0 Å². The van der Waals surface area contributed by atoms with Crippen LogP contribution in [0.1, 0.15) is 5.56 Å². The average Bonchev–Trinajstić information content (AvgIpc) is 2.65. The summed E-state index contributed by atoms with van der Waals surface area (Å²) in [7, 11) is 0. The fraction of sp³-hybridized carbons (Fsp3) is 0. The highest BCUT2D eigenvalue weighted by Crippen LogP contribution is 2.05. The second-order valence-corrected chi connectivity index (χ2v) is 2.70. The van der Waals surface area contributed by atoms with Gasteiger partial charge in [0.2, 0.25) is 0 Å². The lowest BCUT2D eigenvalue weighted by molar-refractivity contribution is 0.851. The quantitative estimate of drug-likeness (QED) is 0.709. The van der Waals surface area contributed by atoms with Crippen LogP contribution in [0.2, 0.25) is 0 Å². The van der Waals surface area contributed by atoms with Crippen molar-refractivity contribution in [3.8, 4) is 11.9 Å². The number of nitrogens with two attached hydrogens (primary N) is 1. The molecule has 0 saturated heterocycles. The van der Waals surface area contributed by atoms with Crippen LogP contribution in [0.15, 0.2) is 30.6 Å². The van der Waals surface area contributed by atoms with Gasteiger partial charge in [-0.1, -0.05) is 0 Å². The number of pyridine rings is 1. The molecule has 0 aliphatic carbocycles. The zero-order valence-electron chi connectivity index (χ0n) is 7.25. The van der Waals surface area contributed by atoms with Crippen molar-refractivity contribution in [1.82, 2.24) is 14.8 Å². The third kappa shape index (κ3) is 1.41. The van der Waals surface area contributed by atoms with Gasteiger partial charge in [-0.05, 0) is 12.1 Å². The van der Waals surface area contributed by atoms with E-state index in [1.54, 1.807) is 29.1 Å². The molecule has 0 unspecified atom stereocenters. The van der Waals surface area contributed by atoms with Crippen molar-refractivity contribution < 1.29 is 0 Å². The lowest BCUT2D eigenvalue weighted by Crippen LogP contribution is -1.98. The molecule has 5 heteroatoms. The van der Waals surface area contributed by atoms with Gasteiger partial charge in [-0.25, -0.2) is 9.67 Å². The molecule has 5 nitrogen and oxygen atoms in total. The summed E-state index contributed by atoms with van der Waals surface area (Å²) < 4.78 is 1.55. The van der Waals surface area contributed by atoms with E-state index < -0.39 is 0 Å². The molecule has 0 aliphatic heterocycles. The Morgan fingerprint density at radius 3 is 2.71 bits per heavy atom. The molecular formula is C9H7N5. The molecular weight excluding hydrogens is 178 g/mol. The van der Waals surface area contributed by atoms with Crippen molar-refractivity contribution in [3.05, 3.63) is 36.2 Å². The van der Waals surface area contributed by atoms with Gasteiger partial charge in [-0.3, -0.25) is 0 Å². The zero-order valence-corrected chi connectivity index (χ0v) is 7.25. The van der Waals surface area contributed by atoms with Gasteiger partial charge in [0.15, 0.2) is 5.82 Å². The molecule has 14 heavy (non-hydrogen) atoms. The predicted molar refractivity (Wildman–Crippen MR) is 50.5 cm³/mol. The van der Waals surface area contributed by atoms with E-state index in [0.29, 0.717) is 17.2 Å². The lowest BCUT2D eigenvalue weighted by atomic mass is 10.3. The predicted octanol–water partition coefficient (Wildman–Crippen LogP) is 0.721. The van der Waals surface area contributed by atoms with Gasteiger partial charge in [0.1, 0.15) is 11.9 Å². The van der Waals surface area contributed by atoms with Gasteiger partial charge in [0.25, 0.3) is 0 Å². The van der Waals surface area contributed by atoms with E-state index in [-0.39, 0.29) is 0 Å². The summed E-state index contributed by atoms with van der Waals surface area (Å²) in [6, 6.07) is 7.07. The highest BCUT2D eigenvalue weighted by molar-refractivity contribution is 5.33. The van der Waals surface area contributed by atoms with Crippen LogP contribution in [-0.4, -0.2) is 14.8 Å². The highest BCUT2D eigenvalue weighted by atomic mass is 15.3. The van der Waals surface area contributed by atoms with E-state index in [1.807, 2.05) is 6.07 Å². The molecule has 2 aromatic rings. The normalized spacial score (nSPS) is 9.64. The largest absolute Gasteiger partial charge is 0.382 e. The van der Waals surface area contributed by atoms with Crippen LogP contribution in [0, 0.1) is 11.3 Å². The molecule has 2 rings (SSSR count). The van der Waals surface area contributed by atoms with Gasteiger partial charge < -0.3 is 5.73 Å². The SMILES string of the molecule is N#Cc1ccc(-n2ccc(N)n2)nc1. The first-order chi connectivity index (χ1) is 6.79. The van der Waals surface area contributed by atoms with E-state index in [4.69, 9.17) is 11.0 Å². The van der Waals surface area contributed by atoms with Crippen LogP contribution >= 0.6 is 0 Å². The minimum atomic E-state index is 0.441. The molecule has 0 spiro atoms. The number of aromatic nitrogens is 3. The van der Waals surface area contributed by atoms with E-state index in [9.17, 15) is 0 Å². The number of hydrogen-bond donors (Lipinski definition) is 1. The van der Waals surface area contributed by atoms with Crippen LogP contribution in [0.25, 0.3) is 5.82 Å². The molecule has 0 saturated carbocycles. The van der Waals surface area contributed by atoms with Gasteiger partial charge in [0, 0.05) is 18.5 Å². The minimum absolute atomic E-state index is 0.441. The lowest BCUT2D eigenvalue weighted by Gasteiger charge is -1.98. The first kappa shape index (κ1) is 8.26. The number of rotatable bonds is 1. The van der Waals surface area contributed by atoms with E-state index in [2.05, 4.69) is 10.1 Å². The Hall–Kier alpha value is -2.35. The van der Waals surface area contributed by atoms with E-state index in [0.717, 1.165) is 0 Å². The number of nitriles is 1. The summed E-state index contributed by atoms with van der Waals surface area (Å²) in [6.45, 7) is 0. The second kappa shape index (κ2) is 3.18. The first-order valence-corrected chi connectivity index (χ1v) is 3.97. The standard InChI is InChI=1S/C9H7N5/c10-5-7-1-2-9(12-6-7)14-4-3-8(11)13-14/h1-4,6H,(H2,11,13). The summed E-state index contributed by atoms with van der Waals surface area (Å²) in [5, 5.41) is 12.6. The van der Waals surface area contributed by atoms with E-state index >= 15 is 0 Å². The molecule has 0 radical (unpaired) electrons. The molecule has 0 fully saturated rings. The van der Waals surface area contributed by atoms with Crippen molar-refractivity contribution in [2.24, 2.45) is 0 Å². The number of hydrogen-bond acceptors (Lipinski definition) is 4. The molecule has 2 aromatic heterocycles. The molecule has 0 amide bonds. The van der Waals surface area contributed by atoms with Crippen molar-refractivity contribution in [1.29, 1.82) is 5.26 Å². The molecule has 2 N–H and O–H groups in total. The molecule has 68 valence electrons. The maximum Gasteiger partial charge on any atom is 0.153 e. The second-order valence-electron chi connectivity index (χ2n) is 2.70. The van der Waals surface area contributed by atoms with Crippen molar-refractivity contribution in [2.75, 3.05) is 5.73 Å². The molecule has 0 aromatic carbocycles. The Labute approximate surface area is 80.4 Å². The van der Waals surface area contributed by atoms with Crippen LogP contribution in [-0.2, 0) is 0 Å². The molecule has 0 atom stereocenters. The molecule has 2 heterocycles. The fourth-order valence-electron chi connectivity index (χ4n) is 1.05.